The first-order valence-corrected chi connectivity index (χ1v) is 7.08. The molecule has 1 aliphatic carbocycles. The maximum Gasteiger partial charge on any atom is 0.262 e. The monoisotopic (exact) mass is 290 g/mol. The van der Waals surface area contributed by atoms with Crippen LogP contribution in [-0.2, 0) is 4.79 Å². The van der Waals surface area contributed by atoms with E-state index >= 15 is 0 Å². The van der Waals surface area contributed by atoms with Crippen molar-refractivity contribution in [2.24, 2.45) is 5.41 Å². The Labute approximate surface area is 122 Å². The molecule has 0 spiro atoms. The van der Waals surface area contributed by atoms with Crippen LogP contribution in [0.3, 0.4) is 0 Å². The molecule has 0 saturated heterocycles. The molecule has 2 amide bonds. The van der Waals surface area contributed by atoms with E-state index in [1.807, 2.05) is 0 Å². The van der Waals surface area contributed by atoms with E-state index in [-0.39, 0.29) is 30.4 Å². The van der Waals surface area contributed by atoms with Gasteiger partial charge in [-0.1, -0.05) is 0 Å². The molecular formula is C15H18N2O4. The highest BCUT2D eigenvalue weighted by molar-refractivity contribution is 5.99. The minimum Gasteiger partial charge on any atom is -0.482 e. The number of amides is 2. The standard InChI is InChI=1S/C15H18N2O4/c18-6-5-15(3-4-15)9-16-14(20)10-1-2-11-12(7-10)21-8-13(19)17-11/h1-2,7,18H,3-6,8-9H2,(H,16,20)(H,17,19). The topological polar surface area (TPSA) is 87.7 Å². The molecule has 112 valence electrons. The fourth-order valence-corrected chi connectivity index (χ4v) is 2.51. The highest BCUT2D eigenvalue weighted by Crippen LogP contribution is 2.47. The second-order valence-electron chi connectivity index (χ2n) is 5.70. The number of carbonyl (C=O) groups excluding carboxylic acids is 2. The van der Waals surface area contributed by atoms with Crippen molar-refractivity contribution in [1.29, 1.82) is 0 Å². The van der Waals surface area contributed by atoms with Gasteiger partial charge in [-0.15, -0.1) is 0 Å². The van der Waals surface area contributed by atoms with Crippen LogP contribution < -0.4 is 15.4 Å². The molecule has 1 aliphatic heterocycles. The first kappa shape index (κ1) is 13.9. The van der Waals surface area contributed by atoms with Crippen molar-refractivity contribution in [3.63, 3.8) is 0 Å². The van der Waals surface area contributed by atoms with Crippen LogP contribution in [0.25, 0.3) is 0 Å². The summed E-state index contributed by atoms with van der Waals surface area (Å²) >= 11 is 0. The van der Waals surface area contributed by atoms with Crippen LogP contribution in [0, 0.1) is 5.41 Å². The Kier molecular flexibility index (Phi) is 3.55. The molecule has 6 heteroatoms. The molecule has 21 heavy (non-hydrogen) atoms. The fraction of sp³-hybridized carbons (Fsp3) is 0.467. The lowest BCUT2D eigenvalue weighted by molar-refractivity contribution is -0.118. The molecule has 0 unspecified atom stereocenters. The SMILES string of the molecule is O=C1COc2cc(C(=O)NCC3(CCO)CC3)ccc2N1. The predicted molar refractivity (Wildman–Crippen MR) is 76.3 cm³/mol. The second kappa shape index (κ2) is 5.37. The predicted octanol–water partition coefficient (Wildman–Crippen LogP) is 0.910. The Balaban J connectivity index is 1.64. The van der Waals surface area contributed by atoms with Gasteiger partial charge in [-0.05, 0) is 42.9 Å². The van der Waals surface area contributed by atoms with E-state index in [9.17, 15) is 9.59 Å². The van der Waals surface area contributed by atoms with Gasteiger partial charge in [-0.25, -0.2) is 0 Å². The van der Waals surface area contributed by atoms with Crippen LogP contribution in [0.15, 0.2) is 18.2 Å². The molecule has 0 bridgehead atoms. The normalized spacial score (nSPS) is 18.2. The van der Waals surface area contributed by atoms with E-state index in [1.165, 1.54) is 0 Å². The molecule has 6 nitrogen and oxygen atoms in total. The van der Waals surface area contributed by atoms with Gasteiger partial charge in [0, 0.05) is 18.7 Å². The maximum absolute atomic E-state index is 12.2. The van der Waals surface area contributed by atoms with Gasteiger partial charge < -0.3 is 20.5 Å². The number of carbonyl (C=O) groups is 2. The van der Waals surface area contributed by atoms with Gasteiger partial charge in [-0.3, -0.25) is 9.59 Å². The van der Waals surface area contributed by atoms with Crippen LogP contribution in [0.5, 0.6) is 5.75 Å². The van der Waals surface area contributed by atoms with Crippen molar-refractivity contribution < 1.29 is 19.4 Å². The average molecular weight is 290 g/mol. The van der Waals surface area contributed by atoms with Crippen LogP contribution in [0.4, 0.5) is 5.69 Å². The fourth-order valence-electron chi connectivity index (χ4n) is 2.51. The number of hydrogen-bond acceptors (Lipinski definition) is 4. The lowest BCUT2D eigenvalue weighted by atomic mass is 10.0. The Hall–Kier alpha value is -2.08. The number of nitrogens with one attached hydrogen (secondary N) is 2. The van der Waals surface area contributed by atoms with Crippen LogP contribution >= 0.6 is 0 Å². The first-order valence-electron chi connectivity index (χ1n) is 7.08. The minimum atomic E-state index is -0.195. The third-order valence-electron chi connectivity index (χ3n) is 4.10. The Bertz CT molecular complexity index is 581. The molecule has 3 N–H and O–H groups in total. The number of fused-ring (bicyclic) bond motifs is 1. The number of aliphatic hydroxyl groups excluding tert-OH is 1. The summed E-state index contributed by atoms with van der Waals surface area (Å²) in [6, 6.07) is 4.96. The molecule has 1 heterocycles. The van der Waals surface area contributed by atoms with E-state index in [1.54, 1.807) is 18.2 Å². The van der Waals surface area contributed by atoms with E-state index in [0.717, 1.165) is 19.3 Å². The summed E-state index contributed by atoms with van der Waals surface area (Å²) in [5, 5.41) is 14.6. The van der Waals surface area contributed by atoms with E-state index in [2.05, 4.69) is 10.6 Å². The number of rotatable bonds is 5. The molecule has 3 rings (SSSR count). The molecule has 1 fully saturated rings. The van der Waals surface area contributed by atoms with Gasteiger partial charge in [0.25, 0.3) is 11.8 Å². The quantitative estimate of drug-likeness (QED) is 0.752. The second-order valence-corrected chi connectivity index (χ2v) is 5.70. The minimum absolute atomic E-state index is 0.0301. The maximum atomic E-state index is 12.2. The zero-order valence-corrected chi connectivity index (χ0v) is 11.6. The number of hydrogen-bond donors (Lipinski definition) is 3. The Morgan fingerprint density at radius 1 is 1.43 bits per heavy atom. The van der Waals surface area contributed by atoms with Crippen molar-refractivity contribution in [3.8, 4) is 5.75 Å². The highest BCUT2D eigenvalue weighted by atomic mass is 16.5. The number of benzene rings is 1. The zero-order valence-electron chi connectivity index (χ0n) is 11.6. The summed E-state index contributed by atoms with van der Waals surface area (Å²) in [6.07, 6.45) is 2.83. The summed E-state index contributed by atoms with van der Waals surface area (Å²) in [6.45, 7) is 0.709. The van der Waals surface area contributed by atoms with Gasteiger partial charge in [0.15, 0.2) is 6.61 Å². The van der Waals surface area contributed by atoms with Crippen LogP contribution in [0.1, 0.15) is 29.6 Å². The third kappa shape index (κ3) is 3.00. The Morgan fingerprint density at radius 3 is 2.95 bits per heavy atom. The van der Waals surface area contributed by atoms with Gasteiger partial charge in [-0.2, -0.15) is 0 Å². The molecule has 1 aromatic rings. The summed E-state index contributed by atoms with van der Waals surface area (Å²) in [4.78, 5) is 23.3. The first-order chi connectivity index (χ1) is 10.1. The van der Waals surface area contributed by atoms with Crippen molar-refractivity contribution in [2.75, 3.05) is 25.1 Å². The molecule has 0 aromatic heterocycles. The van der Waals surface area contributed by atoms with E-state index in [0.29, 0.717) is 23.5 Å². The van der Waals surface area contributed by atoms with Crippen molar-refractivity contribution in [3.05, 3.63) is 23.8 Å². The van der Waals surface area contributed by atoms with E-state index in [4.69, 9.17) is 9.84 Å². The summed E-state index contributed by atoms with van der Waals surface area (Å²) < 4.78 is 5.30. The van der Waals surface area contributed by atoms with Gasteiger partial charge >= 0.3 is 0 Å². The highest BCUT2D eigenvalue weighted by Gasteiger charge is 2.41. The lowest BCUT2D eigenvalue weighted by Gasteiger charge is -2.19. The molecular weight excluding hydrogens is 272 g/mol. The smallest absolute Gasteiger partial charge is 0.262 e. The number of aliphatic hydroxyl groups is 1. The van der Waals surface area contributed by atoms with Crippen LogP contribution in [-0.4, -0.2) is 36.7 Å². The number of anilines is 1. The van der Waals surface area contributed by atoms with Crippen molar-refractivity contribution in [1.82, 2.24) is 5.32 Å². The largest absolute Gasteiger partial charge is 0.482 e. The average Bonchev–Trinajstić information content (AvgIpc) is 3.25. The van der Waals surface area contributed by atoms with Crippen LogP contribution in [0.2, 0.25) is 0 Å². The Morgan fingerprint density at radius 2 is 2.24 bits per heavy atom. The third-order valence-corrected chi connectivity index (χ3v) is 4.10. The van der Waals surface area contributed by atoms with Gasteiger partial charge in [0.2, 0.25) is 0 Å². The van der Waals surface area contributed by atoms with Crippen molar-refractivity contribution >= 4 is 17.5 Å². The number of ether oxygens (including phenoxy) is 1. The van der Waals surface area contributed by atoms with Crippen molar-refractivity contribution in [2.45, 2.75) is 19.3 Å². The van der Waals surface area contributed by atoms with Gasteiger partial charge in [0.1, 0.15) is 5.75 Å². The molecule has 1 aromatic carbocycles. The molecule has 0 atom stereocenters. The molecule has 1 saturated carbocycles. The summed E-state index contributed by atoms with van der Waals surface area (Å²) in [5.41, 5.74) is 1.18. The molecule has 0 radical (unpaired) electrons. The zero-order chi connectivity index (χ0) is 14.9. The van der Waals surface area contributed by atoms with Gasteiger partial charge in [0.05, 0.1) is 5.69 Å². The lowest BCUT2D eigenvalue weighted by Crippen LogP contribution is -2.31. The summed E-state index contributed by atoms with van der Waals surface area (Å²) in [7, 11) is 0. The molecule has 2 aliphatic rings. The van der Waals surface area contributed by atoms with E-state index < -0.39 is 0 Å². The summed E-state index contributed by atoms with van der Waals surface area (Å²) in [5.74, 6) is 0.153.